The number of hydrogen-bond acceptors (Lipinski definition) is 3. The van der Waals surface area contributed by atoms with Gasteiger partial charge in [0.05, 0.1) is 0 Å². The summed E-state index contributed by atoms with van der Waals surface area (Å²) in [6, 6.07) is 0. The summed E-state index contributed by atoms with van der Waals surface area (Å²) in [6.45, 7) is 0. The summed E-state index contributed by atoms with van der Waals surface area (Å²) in [7, 11) is 0. The quantitative estimate of drug-likeness (QED) is 0.408. The van der Waals surface area contributed by atoms with Crippen LogP contribution in [0.1, 0.15) is 77.0 Å². The van der Waals surface area contributed by atoms with Crippen LogP contribution in [0.2, 0.25) is 0 Å². The highest BCUT2D eigenvalue weighted by Crippen LogP contribution is 2.13. The Kier molecular flexibility index (Phi) is 15.1. The SMILES string of the molecule is O=C(O)CCCCCCCSCCCCCCCC(=O)O. The van der Waals surface area contributed by atoms with Gasteiger partial charge in [0.15, 0.2) is 0 Å². The predicted molar refractivity (Wildman–Crippen MR) is 88.0 cm³/mol. The molecule has 0 amide bonds. The molecule has 21 heavy (non-hydrogen) atoms. The van der Waals surface area contributed by atoms with Gasteiger partial charge < -0.3 is 10.2 Å². The molecule has 0 spiro atoms. The van der Waals surface area contributed by atoms with Crippen molar-refractivity contribution >= 4 is 23.7 Å². The van der Waals surface area contributed by atoms with E-state index >= 15 is 0 Å². The fraction of sp³-hybridized carbons (Fsp3) is 0.875. The van der Waals surface area contributed by atoms with Crippen molar-refractivity contribution < 1.29 is 19.8 Å². The lowest BCUT2D eigenvalue weighted by Gasteiger charge is -2.03. The van der Waals surface area contributed by atoms with Crippen LogP contribution in [0.5, 0.6) is 0 Å². The second-order valence-corrected chi connectivity index (χ2v) is 6.66. The normalized spacial score (nSPS) is 10.7. The summed E-state index contributed by atoms with van der Waals surface area (Å²) in [5, 5.41) is 17.0. The second-order valence-electron chi connectivity index (χ2n) is 5.44. The van der Waals surface area contributed by atoms with E-state index < -0.39 is 11.9 Å². The van der Waals surface area contributed by atoms with Crippen LogP contribution in [0.25, 0.3) is 0 Å². The monoisotopic (exact) mass is 318 g/mol. The molecule has 0 aromatic rings. The van der Waals surface area contributed by atoms with Crippen LogP contribution < -0.4 is 0 Å². The first-order chi connectivity index (χ1) is 10.1. The van der Waals surface area contributed by atoms with Gasteiger partial charge in [-0.15, -0.1) is 0 Å². The van der Waals surface area contributed by atoms with Crippen LogP contribution in [0.4, 0.5) is 0 Å². The molecule has 0 atom stereocenters. The Balaban J connectivity index is 2.99. The van der Waals surface area contributed by atoms with Crippen LogP contribution in [-0.4, -0.2) is 33.7 Å². The first-order valence-corrected chi connectivity index (χ1v) is 9.29. The van der Waals surface area contributed by atoms with E-state index in [0.717, 1.165) is 38.5 Å². The molecule has 4 nitrogen and oxygen atoms in total. The summed E-state index contributed by atoms with van der Waals surface area (Å²) < 4.78 is 0. The van der Waals surface area contributed by atoms with Crippen LogP contribution in [0, 0.1) is 0 Å². The maximum Gasteiger partial charge on any atom is 0.303 e. The minimum absolute atomic E-state index is 0.307. The molecule has 2 N–H and O–H groups in total. The van der Waals surface area contributed by atoms with E-state index in [2.05, 4.69) is 0 Å². The maximum atomic E-state index is 10.3. The largest absolute Gasteiger partial charge is 0.481 e. The molecule has 0 fully saturated rings. The summed E-state index contributed by atoms with van der Waals surface area (Å²) in [5.74, 6) is 1.04. The first kappa shape index (κ1) is 20.3. The Morgan fingerprint density at radius 1 is 0.571 bits per heavy atom. The fourth-order valence-electron chi connectivity index (χ4n) is 2.12. The summed E-state index contributed by atoms with van der Waals surface area (Å²) in [4.78, 5) is 20.6. The third kappa shape index (κ3) is 19.3. The Labute approximate surface area is 132 Å². The van der Waals surface area contributed by atoms with Gasteiger partial charge in [-0.2, -0.15) is 11.8 Å². The molecule has 0 aromatic heterocycles. The Hall–Kier alpha value is -0.710. The second kappa shape index (κ2) is 15.7. The van der Waals surface area contributed by atoms with E-state index in [1.165, 1.54) is 37.2 Å². The summed E-state index contributed by atoms with van der Waals surface area (Å²) in [6.07, 6.45) is 11.5. The molecule has 124 valence electrons. The zero-order chi connectivity index (χ0) is 15.8. The number of rotatable bonds is 16. The van der Waals surface area contributed by atoms with E-state index in [-0.39, 0.29) is 0 Å². The molecule has 0 aliphatic carbocycles. The number of aliphatic carboxylic acids is 2. The molecule has 0 saturated carbocycles. The highest BCUT2D eigenvalue weighted by molar-refractivity contribution is 7.99. The number of thioether (sulfide) groups is 1. The standard InChI is InChI=1S/C16H30O4S/c17-15(18)11-7-3-1-5-9-13-21-14-10-6-2-4-8-12-16(19)20/h1-14H2,(H,17,18)(H,19,20). The predicted octanol–water partition coefficient (Wildman–Crippen LogP) is 4.57. The zero-order valence-electron chi connectivity index (χ0n) is 13.0. The minimum Gasteiger partial charge on any atom is -0.481 e. The Morgan fingerprint density at radius 2 is 0.905 bits per heavy atom. The van der Waals surface area contributed by atoms with Crippen LogP contribution in [0.15, 0.2) is 0 Å². The Bertz CT molecular complexity index is 243. The smallest absolute Gasteiger partial charge is 0.303 e. The van der Waals surface area contributed by atoms with Gasteiger partial charge in [-0.25, -0.2) is 0 Å². The zero-order valence-corrected chi connectivity index (χ0v) is 13.8. The van der Waals surface area contributed by atoms with Crippen LogP contribution in [0.3, 0.4) is 0 Å². The van der Waals surface area contributed by atoms with Gasteiger partial charge >= 0.3 is 11.9 Å². The van der Waals surface area contributed by atoms with Gasteiger partial charge in [0, 0.05) is 12.8 Å². The van der Waals surface area contributed by atoms with Gasteiger partial charge in [0.25, 0.3) is 0 Å². The van der Waals surface area contributed by atoms with Gasteiger partial charge in [-0.3, -0.25) is 9.59 Å². The topological polar surface area (TPSA) is 74.6 Å². The van der Waals surface area contributed by atoms with Crippen molar-refractivity contribution in [1.82, 2.24) is 0 Å². The number of carbonyl (C=O) groups is 2. The van der Waals surface area contributed by atoms with Crippen molar-refractivity contribution in [1.29, 1.82) is 0 Å². The average Bonchev–Trinajstić information content (AvgIpc) is 2.42. The Morgan fingerprint density at radius 3 is 1.29 bits per heavy atom. The van der Waals surface area contributed by atoms with Crippen molar-refractivity contribution in [2.45, 2.75) is 77.0 Å². The highest BCUT2D eigenvalue weighted by atomic mass is 32.2. The van der Waals surface area contributed by atoms with Crippen LogP contribution >= 0.6 is 11.8 Å². The molecule has 0 aliphatic heterocycles. The molecule has 0 aromatic carbocycles. The van der Waals surface area contributed by atoms with Crippen molar-refractivity contribution in [3.05, 3.63) is 0 Å². The van der Waals surface area contributed by atoms with Crippen LogP contribution in [-0.2, 0) is 9.59 Å². The number of hydrogen-bond donors (Lipinski definition) is 2. The molecular weight excluding hydrogens is 288 g/mol. The lowest BCUT2D eigenvalue weighted by molar-refractivity contribution is -0.138. The molecule has 5 heteroatoms. The van der Waals surface area contributed by atoms with Crippen molar-refractivity contribution in [2.24, 2.45) is 0 Å². The molecular formula is C16H30O4S. The molecule has 0 unspecified atom stereocenters. The average molecular weight is 318 g/mol. The van der Waals surface area contributed by atoms with E-state index in [0.29, 0.717) is 12.8 Å². The number of unbranched alkanes of at least 4 members (excludes halogenated alkanes) is 8. The highest BCUT2D eigenvalue weighted by Gasteiger charge is 1.98. The van der Waals surface area contributed by atoms with Gasteiger partial charge in [-0.1, -0.05) is 38.5 Å². The molecule has 0 bridgehead atoms. The molecule has 0 radical (unpaired) electrons. The van der Waals surface area contributed by atoms with Crippen molar-refractivity contribution in [3.8, 4) is 0 Å². The van der Waals surface area contributed by atoms with E-state index in [9.17, 15) is 9.59 Å². The van der Waals surface area contributed by atoms with Crippen molar-refractivity contribution in [3.63, 3.8) is 0 Å². The fourth-order valence-corrected chi connectivity index (χ4v) is 3.14. The molecule has 0 heterocycles. The number of carboxylic acid groups (broad SMARTS) is 2. The lowest BCUT2D eigenvalue weighted by atomic mass is 10.1. The van der Waals surface area contributed by atoms with Crippen molar-refractivity contribution in [2.75, 3.05) is 11.5 Å². The van der Waals surface area contributed by atoms with E-state index in [1.54, 1.807) is 0 Å². The molecule has 0 rings (SSSR count). The summed E-state index contributed by atoms with van der Waals surface area (Å²) >= 11 is 2.00. The van der Waals surface area contributed by atoms with Gasteiger partial charge in [-0.05, 0) is 37.2 Å². The van der Waals surface area contributed by atoms with E-state index in [1.807, 2.05) is 11.8 Å². The molecule has 0 aliphatic rings. The first-order valence-electron chi connectivity index (χ1n) is 8.14. The lowest BCUT2D eigenvalue weighted by Crippen LogP contribution is -1.94. The third-order valence-electron chi connectivity index (χ3n) is 3.36. The minimum atomic E-state index is -0.687. The van der Waals surface area contributed by atoms with Gasteiger partial charge in [0.2, 0.25) is 0 Å². The third-order valence-corrected chi connectivity index (χ3v) is 4.51. The van der Waals surface area contributed by atoms with Gasteiger partial charge in [0.1, 0.15) is 0 Å². The number of carboxylic acids is 2. The van der Waals surface area contributed by atoms with E-state index in [4.69, 9.17) is 10.2 Å². The maximum absolute atomic E-state index is 10.3. The molecule has 0 saturated heterocycles. The summed E-state index contributed by atoms with van der Waals surface area (Å²) in [5.41, 5.74) is 0.